The van der Waals surface area contributed by atoms with E-state index in [2.05, 4.69) is 10.3 Å². The molecule has 5 heterocycles. The fourth-order valence-corrected chi connectivity index (χ4v) is 7.28. The number of aryl methyl sites for hydroxylation is 1. The number of likely N-dealkylation sites (N-methyl/N-ethyl adjacent to an activating group) is 1. The Kier molecular flexibility index (Phi) is 6.26. The van der Waals surface area contributed by atoms with Gasteiger partial charge in [0, 0.05) is 72.6 Å². The number of benzene rings is 2. The number of para-hydroxylation sites is 1. The number of nitrogen functional groups attached to an aromatic ring is 1. The summed E-state index contributed by atoms with van der Waals surface area (Å²) >= 11 is 0. The smallest absolute Gasteiger partial charge is 0.320 e. The first-order valence-corrected chi connectivity index (χ1v) is 14.6. The Morgan fingerprint density at radius 3 is 2.79 bits per heavy atom. The summed E-state index contributed by atoms with van der Waals surface area (Å²) in [6.07, 6.45) is 3.30. The Labute approximate surface area is 250 Å². The van der Waals surface area contributed by atoms with Gasteiger partial charge in [0.2, 0.25) is 0 Å². The number of pyridine rings is 2. The number of carbonyl (C=O) groups excluding carboxylic acids is 1. The van der Waals surface area contributed by atoms with Gasteiger partial charge >= 0.3 is 6.03 Å². The van der Waals surface area contributed by atoms with Crippen LogP contribution in [0.25, 0.3) is 10.8 Å². The van der Waals surface area contributed by atoms with Crippen LogP contribution in [0.3, 0.4) is 0 Å². The number of fused-ring (bicyclic) bond motifs is 3. The second-order valence-corrected chi connectivity index (χ2v) is 12.4. The van der Waals surface area contributed by atoms with E-state index < -0.39 is 5.54 Å². The summed E-state index contributed by atoms with van der Waals surface area (Å²) in [4.78, 5) is 34.7. The molecule has 1 unspecified atom stereocenters. The molecule has 2 aromatic carbocycles. The number of urea groups is 1. The Bertz CT molecular complexity index is 1800. The maximum absolute atomic E-state index is 14.3. The highest BCUT2D eigenvalue weighted by Gasteiger charge is 2.67. The minimum absolute atomic E-state index is 0.0257. The molecule has 43 heavy (non-hydrogen) atoms. The zero-order valence-corrected chi connectivity index (χ0v) is 24.7. The SMILES string of the molecule is Cc1cc(OCC23CN(C(=O)N(C)C4COc5ccccc54)C(CNc4cccc5c(N)nccc45)(C2)C3)cc(=O)n1C. The molecule has 2 amide bonds. The molecule has 222 valence electrons. The number of amides is 2. The second-order valence-electron chi connectivity index (χ2n) is 12.4. The first-order valence-electron chi connectivity index (χ1n) is 14.6. The van der Waals surface area contributed by atoms with Crippen molar-refractivity contribution in [2.24, 2.45) is 12.5 Å². The maximum Gasteiger partial charge on any atom is 0.320 e. The summed E-state index contributed by atoms with van der Waals surface area (Å²) in [5, 5.41) is 5.54. The lowest BCUT2D eigenvalue weighted by Gasteiger charge is -2.48. The molecule has 1 atom stereocenters. The fourth-order valence-electron chi connectivity index (χ4n) is 7.28. The molecule has 2 bridgehead atoms. The molecule has 4 aromatic rings. The van der Waals surface area contributed by atoms with Crippen LogP contribution in [0.4, 0.5) is 16.3 Å². The minimum atomic E-state index is -0.392. The first-order chi connectivity index (χ1) is 20.7. The Hall–Kier alpha value is -4.73. The highest BCUT2D eigenvalue weighted by Crippen LogP contribution is 2.60. The number of carbonyl (C=O) groups is 1. The predicted octanol–water partition coefficient (Wildman–Crippen LogP) is 4.34. The maximum atomic E-state index is 14.3. The van der Waals surface area contributed by atoms with Gasteiger partial charge in [0.05, 0.1) is 18.2 Å². The quantitative estimate of drug-likeness (QED) is 0.334. The lowest BCUT2D eigenvalue weighted by molar-refractivity contribution is 0.0393. The lowest BCUT2D eigenvalue weighted by Crippen LogP contribution is -2.58. The molecule has 3 aliphatic heterocycles. The number of nitrogens with one attached hydrogen (secondary N) is 1. The molecule has 10 heteroatoms. The largest absolute Gasteiger partial charge is 0.493 e. The van der Waals surface area contributed by atoms with Crippen LogP contribution in [-0.4, -0.2) is 64.3 Å². The number of nitrogens with two attached hydrogens (primary N) is 1. The Morgan fingerprint density at radius 2 is 1.98 bits per heavy atom. The molecule has 2 aromatic heterocycles. The molecular formula is C33H36N6O4. The summed E-state index contributed by atoms with van der Waals surface area (Å²) in [6, 6.07) is 19.1. The van der Waals surface area contributed by atoms with Gasteiger partial charge in [-0.25, -0.2) is 9.78 Å². The molecule has 10 nitrogen and oxygen atoms in total. The van der Waals surface area contributed by atoms with Crippen molar-refractivity contribution in [1.82, 2.24) is 19.4 Å². The van der Waals surface area contributed by atoms with E-state index in [1.54, 1.807) is 17.8 Å². The van der Waals surface area contributed by atoms with Gasteiger partial charge < -0.3 is 34.9 Å². The van der Waals surface area contributed by atoms with Crippen molar-refractivity contribution >= 4 is 28.3 Å². The molecule has 3 fully saturated rings. The highest BCUT2D eigenvalue weighted by atomic mass is 16.5. The molecule has 0 spiro atoms. The number of hydrogen-bond acceptors (Lipinski definition) is 7. The number of ether oxygens (including phenoxy) is 2. The van der Waals surface area contributed by atoms with Crippen molar-refractivity contribution in [2.75, 3.05) is 44.4 Å². The first kappa shape index (κ1) is 27.1. The molecule has 1 saturated carbocycles. The topological polar surface area (TPSA) is 115 Å². The number of nitrogens with zero attached hydrogens (tertiary/aromatic N) is 4. The third-order valence-corrected chi connectivity index (χ3v) is 9.62. The van der Waals surface area contributed by atoms with E-state index >= 15 is 0 Å². The molecular weight excluding hydrogens is 544 g/mol. The van der Waals surface area contributed by atoms with Crippen LogP contribution in [0.2, 0.25) is 0 Å². The van der Waals surface area contributed by atoms with Gasteiger partial charge in [-0.2, -0.15) is 0 Å². The third kappa shape index (κ3) is 4.43. The lowest BCUT2D eigenvalue weighted by atomic mass is 9.62. The summed E-state index contributed by atoms with van der Waals surface area (Å²) in [5.41, 5.74) is 8.27. The number of hydrogen-bond donors (Lipinski definition) is 2. The number of anilines is 2. The molecule has 1 aliphatic carbocycles. The highest BCUT2D eigenvalue weighted by molar-refractivity contribution is 5.99. The second kappa shape index (κ2) is 9.93. The van der Waals surface area contributed by atoms with Crippen LogP contribution in [0.1, 0.15) is 30.1 Å². The van der Waals surface area contributed by atoms with Crippen molar-refractivity contribution in [3.05, 3.63) is 88.5 Å². The van der Waals surface area contributed by atoms with Crippen molar-refractivity contribution < 1.29 is 14.3 Å². The summed E-state index contributed by atoms with van der Waals surface area (Å²) in [6.45, 7) is 3.91. The van der Waals surface area contributed by atoms with Crippen LogP contribution in [0.5, 0.6) is 11.5 Å². The average molecular weight is 581 g/mol. The third-order valence-electron chi connectivity index (χ3n) is 9.62. The van der Waals surface area contributed by atoms with Crippen molar-refractivity contribution in [2.45, 2.75) is 31.3 Å². The van der Waals surface area contributed by atoms with E-state index in [4.69, 9.17) is 15.2 Å². The summed E-state index contributed by atoms with van der Waals surface area (Å²) in [7, 11) is 3.61. The zero-order chi connectivity index (χ0) is 29.9. The zero-order valence-electron chi connectivity index (χ0n) is 24.7. The minimum Gasteiger partial charge on any atom is -0.493 e. The van der Waals surface area contributed by atoms with E-state index in [1.807, 2.05) is 78.4 Å². The monoisotopic (exact) mass is 580 g/mol. The average Bonchev–Trinajstić information content (AvgIpc) is 3.66. The van der Waals surface area contributed by atoms with Crippen molar-refractivity contribution in [1.29, 1.82) is 0 Å². The fraction of sp³-hybridized carbons (Fsp3) is 0.364. The number of aromatic nitrogens is 2. The van der Waals surface area contributed by atoms with Crippen LogP contribution in [0, 0.1) is 12.3 Å². The molecule has 3 N–H and O–H groups in total. The summed E-state index contributed by atoms with van der Waals surface area (Å²) < 4.78 is 13.7. The van der Waals surface area contributed by atoms with Crippen LogP contribution >= 0.6 is 0 Å². The van der Waals surface area contributed by atoms with E-state index in [0.717, 1.165) is 46.3 Å². The van der Waals surface area contributed by atoms with Crippen molar-refractivity contribution in [3.8, 4) is 11.5 Å². The predicted molar refractivity (Wildman–Crippen MR) is 166 cm³/mol. The van der Waals surface area contributed by atoms with Gasteiger partial charge in [0.15, 0.2) is 0 Å². The van der Waals surface area contributed by atoms with Gasteiger partial charge in [0.25, 0.3) is 5.56 Å². The van der Waals surface area contributed by atoms with Gasteiger partial charge in [-0.3, -0.25) is 4.79 Å². The van der Waals surface area contributed by atoms with E-state index in [-0.39, 0.29) is 23.0 Å². The van der Waals surface area contributed by atoms with Crippen LogP contribution < -0.4 is 26.1 Å². The van der Waals surface area contributed by atoms with E-state index in [0.29, 0.717) is 37.9 Å². The van der Waals surface area contributed by atoms with Gasteiger partial charge in [-0.15, -0.1) is 0 Å². The van der Waals surface area contributed by atoms with Crippen LogP contribution in [0.15, 0.2) is 71.7 Å². The normalized spacial score (nSPS) is 23.4. The molecule has 0 radical (unpaired) electrons. The van der Waals surface area contributed by atoms with Crippen LogP contribution in [-0.2, 0) is 7.05 Å². The standard InChI is InChI=1S/C33H36N6O4/c1-21-13-22(14-29(40)37(21)2)43-20-32-16-33(17-32,18-36-26-9-6-8-24-23(26)11-12-35-30(24)34)39(19-32)31(41)38(3)27-15-42-28-10-5-4-7-25(27)28/h4-14,27,36H,15-20H2,1-3H3,(H2,34,35). The van der Waals surface area contributed by atoms with Crippen molar-refractivity contribution in [3.63, 3.8) is 0 Å². The molecule has 2 saturated heterocycles. The van der Waals surface area contributed by atoms with Gasteiger partial charge in [-0.1, -0.05) is 30.3 Å². The Balaban J connectivity index is 1.15. The number of rotatable bonds is 7. The Morgan fingerprint density at radius 1 is 1.16 bits per heavy atom. The van der Waals surface area contributed by atoms with Gasteiger partial charge in [0.1, 0.15) is 23.9 Å². The molecule has 8 rings (SSSR count). The van der Waals surface area contributed by atoms with E-state index in [9.17, 15) is 9.59 Å². The van der Waals surface area contributed by atoms with E-state index in [1.165, 1.54) is 6.07 Å². The van der Waals surface area contributed by atoms with Gasteiger partial charge in [-0.05, 0) is 44.0 Å². The molecule has 4 aliphatic rings. The summed E-state index contributed by atoms with van der Waals surface area (Å²) in [5.74, 6) is 1.88.